The van der Waals surface area contributed by atoms with Crippen LogP contribution < -0.4 is 4.57 Å². The first-order valence-corrected chi connectivity index (χ1v) is 11.2. The molecular formula is C29H29N2+. The first-order valence-electron chi connectivity index (χ1n) is 11.2. The highest BCUT2D eigenvalue weighted by molar-refractivity contribution is 6.26. The van der Waals surface area contributed by atoms with E-state index >= 15 is 0 Å². The first-order chi connectivity index (χ1) is 14.7. The summed E-state index contributed by atoms with van der Waals surface area (Å²) in [5, 5.41) is 6.80. The Bertz CT molecular complexity index is 1690. The molecule has 0 atom stereocenters. The molecule has 0 aliphatic carbocycles. The minimum absolute atomic E-state index is 0.111. The van der Waals surface area contributed by atoms with Crippen LogP contribution in [0.2, 0.25) is 0 Å². The van der Waals surface area contributed by atoms with E-state index in [1.54, 1.807) is 0 Å². The van der Waals surface area contributed by atoms with Crippen molar-refractivity contribution in [1.29, 1.82) is 0 Å². The van der Waals surface area contributed by atoms with Crippen LogP contribution in [0, 0.1) is 20.8 Å². The van der Waals surface area contributed by atoms with Crippen molar-refractivity contribution in [2.45, 2.75) is 47.0 Å². The van der Waals surface area contributed by atoms with Crippen LogP contribution >= 0.6 is 0 Å². The minimum Gasteiger partial charge on any atom is -0.307 e. The molecule has 31 heavy (non-hydrogen) atoms. The average molecular weight is 406 g/mol. The second-order valence-electron chi connectivity index (χ2n) is 10.3. The van der Waals surface area contributed by atoms with Crippen molar-refractivity contribution < 1.29 is 4.57 Å². The number of aryl methyl sites for hydroxylation is 3. The molecule has 0 saturated heterocycles. The third-order valence-corrected chi connectivity index (χ3v) is 7.57. The van der Waals surface area contributed by atoms with Gasteiger partial charge in [0.25, 0.3) is 0 Å². The molecule has 0 spiro atoms. The lowest BCUT2D eigenvalue weighted by Gasteiger charge is -2.19. The van der Waals surface area contributed by atoms with Crippen LogP contribution in [0.5, 0.6) is 0 Å². The number of pyridine rings is 2. The van der Waals surface area contributed by atoms with Gasteiger partial charge in [0.05, 0.1) is 27.3 Å². The standard InChI is InChI=1S/C29H29N2/c1-16-17(2)24-21-12-11-20(29(4,5)6)15-23(21)31-22-10-8-9-19-13-14-30(7)27(26(19)22)25(18(16)3)28(24)31/h8-15H,1-7H3/q+1. The van der Waals surface area contributed by atoms with Gasteiger partial charge in [-0.05, 0) is 66.0 Å². The van der Waals surface area contributed by atoms with Crippen molar-refractivity contribution in [3.8, 4) is 0 Å². The second-order valence-corrected chi connectivity index (χ2v) is 10.3. The molecule has 2 nitrogen and oxygen atoms in total. The van der Waals surface area contributed by atoms with E-state index in [4.69, 9.17) is 0 Å². The smallest absolute Gasteiger partial charge is 0.224 e. The van der Waals surface area contributed by atoms with Gasteiger partial charge in [-0.25, -0.2) is 4.57 Å². The Kier molecular flexibility index (Phi) is 3.46. The Morgan fingerprint density at radius 2 is 1.52 bits per heavy atom. The third-order valence-electron chi connectivity index (χ3n) is 7.57. The quantitative estimate of drug-likeness (QED) is 0.146. The molecule has 0 unspecified atom stereocenters. The molecular weight excluding hydrogens is 376 g/mol. The molecule has 0 N–H and O–H groups in total. The maximum atomic E-state index is 2.55. The van der Waals surface area contributed by atoms with Crippen molar-refractivity contribution in [1.82, 2.24) is 4.40 Å². The predicted octanol–water partition coefficient (Wildman–Crippen LogP) is 7.04. The maximum absolute atomic E-state index is 2.55. The van der Waals surface area contributed by atoms with Crippen LogP contribution in [-0.2, 0) is 12.5 Å². The number of fused-ring (bicyclic) bond motifs is 5. The Hall–Kier alpha value is -3.13. The molecule has 0 saturated carbocycles. The molecule has 0 bridgehead atoms. The lowest BCUT2D eigenvalue weighted by molar-refractivity contribution is -0.643. The molecule has 0 fully saturated rings. The summed E-state index contributed by atoms with van der Waals surface area (Å²) in [6.07, 6.45) is 2.21. The SMILES string of the molecule is Cc1c(C)c2c3ccc(C(C)(C)C)cc3n3c4cccc5cc[n+](C)c(c(c1C)c23)c54. The van der Waals surface area contributed by atoms with E-state index in [-0.39, 0.29) is 5.41 Å². The number of hydrogen-bond acceptors (Lipinski definition) is 0. The number of hydrogen-bond donors (Lipinski definition) is 0. The molecule has 0 radical (unpaired) electrons. The van der Waals surface area contributed by atoms with Crippen molar-refractivity contribution in [2.24, 2.45) is 7.05 Å². The molecule has 0 amide bonds. The Balaban J connectivity index is 2.07. The Morgan fingerprint density at radius 1 is 0.774 bits per heavy atom. The second kappa shape index (κ2) is 5.76. The molecule has 3 aromatic heterocycles. The topological polar surface area (TPSA) is 8.29 Å². The van der Waals surface area contributed by atoms with Gasteiger partial charge >= 0.3 is 0 Å². The van der Waals surface area contributed by atoms with E-state index < -0.39 is 0 Å². The van der Waals surface area contributed by atoms with Gasteiger partial charge in [-0.15, -0.1) is 0 Å². The largest absolute Gasteiger partial charge is 0.307 e. The number of nitrogens with zero attached hydrogens (tertiary/aromatic N) is 2. The van der Waals surface area contributed by atoms with Crippen LogP contribution in [0.3, 0.4) is 0 Å². The summed E-state index contributed by atoms with van der Waals surface area (Å²) < 4.78 is 4.86. The summed E-state index contributed by atoms with van der Waals surface area (Å²) in [5.41, 5.74) is 11.0. The van der Waals surface area contributed by atoms with Crippen LogP contribution in [-0.4, -0.2) is 4.40 Å². The van der Waals surface area contributed by atoms with E-state index in [1.165, 1.54) is 71.3 Å². The molecule has 3 aromatic carbocycles. The molecule has 0 aliphatic heterocycles. The lowest BCUT2D eigenvalue weighted by Crippen LogP contribution is -2.29. The summed E-state index contributed by atoms with van der Waals surface area (Å²) >= 11 is 0. The summed E-state index contributed by atoms with van der Waals surface area (Å²) in [4.78, 5) is 0. The highest BCUT2D eigenvalue weighted by Crippen LogP contribution is 2.44. The van der Waals surface area contributed by atoms with Gasteiger partial charge in [-0.1, -0.05) is 45.0 Å². The zero-order valence-corrected chi connectivity index (χ0v) is 19.5. The molecule has 3 heterocycles. The summed E-state index contributed by atoms with van der Waals surface area (Å²) in [6, 6.07) is 16.1. The van der Waals surface area contributed by atoms with E-state index in [0.29, 0.717) is 0 Å². The summed E-state index contributed by atoms with van der Waals surface area (Å²) in [6.45, 7) is 13.8. The van der Waals surface area contributed by atoms with Crippen molar-refractivity contribution in [3.05, 3.63) is 70.9 Å². The van der Waals surface area contributed by atoms with Gasteiger partial charge in [0.2, 0.25) is 5.52 Å². The lowest BCUT2D eigenvalue weighted by atomic mass is 9.86. The van der Waals surface area contributed by atoms with Crippen LogP contribution in [0.15, 0.2) is 48.7 Å². The predicted molar refractivity (Wildman–Crippen MR) is 133 cm³/mol. The molecule has 6 aromatic rings. The molecule has 2 heteroatoms. The van der Waals surface area contributed by atoms with Crippen LogP contribution in [0.1, 0.15) is 43.0 Å². The fourth-order valence-corrected chi connectivity index (χ4v) is 5.63. The monoisotopic (exact) mass is 405 g/mol. The van der Waals surface area contributed by atoms with E-state index in [9.17, 15) is 0 Å². The van der Waals surface area contributed by atoms with E-state index in [0.717, 1.165) is 0 Å². The van der Waals surface area contributed by atoms with Gasteiger partial charge in [-0.3, -0.25) is 0 Å². The molecule has 0 aliphatic rings. The molecule has 154 valence electrons. The highest BCUT2D eigenvalue weighted by Gasteiger charge is 2.26. The van der Waals surface area contributed by atoms with Crippen molar-refractivity contribution in [3.63, 3.8) is 0 Å². The zero-order valence-electron chi connectivity index (χ0n) is 19.5. The van der Waals surface area contributed by atoms with Crippen molar-refractivity contribution in [2.75, 3.05) is 0 Å². The summed E-state index contributed by atoms with van der Waals surface area (Å²) in [7, 11) is 2.18. The normalized spacial score (nSPS) is 13.0. The van der Waals surface area contributed by atoms with Crippen LogP contribution in [0.4, 0.5) is 0 Å². The summed E-state index contributed by atoms with van der Waals surface area (Å²) in [5.74, 6) is 0. The third kappa shape index (κ3) is 2.20. The van der Waals surface area contributed by atoms with Gasteiger partial charge < -0.3 is 4.40 Å². The van der Waals surface area contributed by atoms with Gasteiger partial charge in [0, 0.05) is 16.8 Å². The first kappa shape index (κ1) is 18.6. The van der Waals surface area contributed by atoms with Crippen LogP contribution in [0.25, 0.3) is 49.0 Å². The molecule has 6 rings (SSSR count). The highest BCUT2D eigenvalue weighted by atomic mass is 15.0. The average Bonchev–Trinajstić information content (AvgIpc) is 3.07. The van der Waals surface area contributed by atoms with E-state index in [1.807, 2.05) is 0 Å². The van der Waals surface area contributed by atoms with E-state index in [2.05, 4.69) is 106 Å². The zero-order chi connectivity index (χ0) is 21.8. The number of aromatic nitrogens is 2. The Labute approximate surface area is 183 Å². The van der Waals surface area contributed by atoms with Gasteiger partial charge in [0.15, 0.2) is 6.20 Å². The van der Waals surface area contributed by atoms with Crippen molar-refractivity contribution >= 4 is 49.0 Å². The fraction of sp³-hybridized carbons (Fsp3) is 0.276. The fourth-order valence-electron chi connectivity index (χ4n) is 5.63. The maximum Gasteiger partial charge on any atom is 0.224 e. The Morgan fingerprint density at radius 3 is 2.26 bits per heavy atom. The van der Waals surface area contributed by atoms with Gasteiger partial charge in [0.1, 0.15) is 7.05 Å². The van der Waals surface area contributed by atoms with Gasteiger partial charge in [-0.2, -0.15) is 0 Å². The number of benzene rings is 3. The number of rotatable bonds is 0. The minimum atomic E-state index is 0.111.